The molecule has 13 heavy (non-hydrogen) atoms. The molecule has 0 bridgehead atoms. The predicted molar refractivity (Wildman–Crippen MR) is 55.7 cm³/mol. The highest BCUT2D eigenvalue weighted by atomic mass is 35.5. The summed E-state index contributed by atoms with van der Waals surface area (Å²) in [6, 6.07) is 8.75. The Morgan fingerprint density at radius 2 is 1.92 bits per heavy atom. The van der Waals surface area contributed by atoms with Crippen LogP contribution in [0.25, 0.3) is 10.9 Å². The van der Waals surface area contributed by atoms with E-state index in [-0.39, 0.29) is 18.2 Å². The first kappa shape index (κ1) is 10.1. The molecule has 68 valence electrons. The third-order valence-electron chi connectivity index (χ3n) is 1.66. The molecule has 0 unspecified atom stereocenters. The number of aromatic nitrogens is 1. The van der Waals surface area contributed by atoms with Gasteiger partial charge in [-0.05, 0) is 18.2 Å². The van der Waals surface area contributed by atoms with Gasteiger partial charge in [0.25, 0.3) is 0 Å². The molecule has 0 aliphatic carbocycles. The van der Waals surface area contributed by atoms with Crippen LogP contribution in [0.2, 0.25) is 5.15 Å². The normalized spacial score (nSPS) is 9.62. The van der Waals surface area contributed by atoms with Crippen molar-refractivity contribution in [1.29, 1.82) is 0 Å². The summed E-state index contributed by atoms with van der Waals surface area (Å²) in [5.41, 5.74) is 0.546. The molecule has 4 heteroatoms. The lowest BCUT2D eigenvalue weighted by atomic mass is 10.2. The Morgan fingerprint density at radius 3 is 2.69 bits per heavy atom. The van der Waals surface area contributed by atoms with Gasteiger partial charge in [0.05, 0.1) is 0 Å². The molecule has 0 aliphatic heterocycles. The smallest absolute Gasteiger partial charge is 0.141 e. The van der Waals surface area contributed by atoms with E-state index in [1.165, 1.54) is 0 Å². The van der Waals surface area contributed by atoms with Crippen LogP contribution in [0.3, 0.4) is 0 Å². The summed E-state index contributed by atoms with van der Waals surface area (Å²) in [5, 5.41) is 10.7. The first-order valence-electron chi connectivity index (χ1n) is 3.51. The zero-order chi connectivity index (χ0) is 8.55. The zero-order valence-corrected chi connectivity index (χ0v) is 8.14. The standard InChI is InChI=1S/C9H6ClNO.ClH/c10-8-5-4-6-2-1-3-7(12)9(6)11-8;/h1-5,12H;1H. The SMILES string of the molecule is Cl.Oc1cccc2ccc(Cl)nc12. The molecule has 0 fully saturated rings. The molecule has 0 amide bonds. The van der Waals surface area contributed by atoms with Gasteiger partial charge >= 0.3 is 0 Å². The van der Waals surface area contributed by atoms with E-state index in [2.05, 4.69) is 4.98 Å². The van der Waals surface area contributed by atoms with Gasteiger partial charge < -0.3 is 5.11 Å². The van der Waals surface area contributed by atoms with E-state index in [4.69, 9.17) is 11.6 Å². The van der Waals surface area contributed by atoms with Crippen molar-refractivity contribution in [3.05, 3.63) is 35.5 Å². The molecule has 0 saturated heterocycles. The van der Waals surface area contributed by atoms with Crippen LogP contribution in [0.5, 0.6) is 5.75 Å². The van der Waals surface area contributed by atoms with Crippen molar-refractivity contribution in [1.82, 2.24) is 4.98 Å². The minimum atomic E-state index is 0. The van der Waals surface area contributed by atoms with Gasteiger partial charge in [-0.25, -0.2) is 4.98 Å². The summed E-state index contributed by atoms with van der Waals surface area (Å²) >= 11 is 5.67. The zero-order valence-electron chi connectivity index (χ0n) is 6.57. The van der Waals surface area contributed by atoms with Gasteiger partial charge in [-0.3, -0.25) is 0 Å². The third kappa shape index (κ3) is 1.85. The molecule has 1 aromatic heterocycles. The van der Waals surface area contributed by atoms with Gasteiger partial charge in [-0.2, -0.15) is 0 Å². The minimum Gasteiger partial charge on any atom is -0.506 e. The van der Waals surface area contributed by atoms with Crippen LogP contribution in [0, 0.1) is 0 Å². The van der Waals surface area contributed by atoms with Gasteiger partial charge in [0.1, 0.15) is 16.4 Å². The topological polar surface area (TPSA) is 33.1 Å². The fourth-order valence-corrected chi connectivity index (χ4v) is 1.26. The van der Waals surface area contributed by atoms with E-state index in [0.29, 0.717) is 10.7 Å². The Hall–Kier alpha value is -0.990. The molecule has 1 N–H and O–H groups in total. The van der Waals surface area contributed by atoms with Crippen LogP contribution in [0.1, 0.15) is 0 Å². The lowest BCUT2D eigenvalue weighted by Crippen LogP contribution is -1.79. The van der Waals surface area contributed by atoms with Crippen molar-refractivity contribution in [2.75, 3.05) is 0 Å². The molecule has 0 radical (unpaired) electrons. The predicted octanol–water partition coefficient (Wildman–Crippen LogP) is 3.02. The van der Waals surface area contributed by atoms with Gasteiger partial charge in [-0.15, -0.1) is 12.4 Å². The van der Waals surface area contributed by atoms with Gasteiger partial charge in [0, 0.05) is 5.39 Å². The highest BCUT2D eigenvalue weighted by Crippen LogP contribution is 2.23. The molecule has 1 heterocycles. The number of hydrogen-bond acceptors (Lipinski definition) is 2. The number of nitrogens with zero attached hydrogens (tertiary/aromatic N) is 1. The number of aromatic hydroxyl groups is 1. The van der Waals surface area contributed by atoms with E-state index >= 15 is 0 Å². The van der Waals surface area contributed by atoms with Crippen molar-refractivity contribution >= 4 is 34.9 Å². The summed E-state index contributed by atoms with van der Waals surface area (Å²) in [6.45, 7) is 0. The van der Waals surface area contributed by atoms with E-state index in [0.717, 1.165) is 5.39 Å². The maximum absolute atomic E-state index is 9.37. The maximum Gasteiger partial charge on any atom is 0.141 e. The second-order valence-electron chi connectivity index (χ2n) is 2.48. The number of pyridine rings is 1. The number of halogens is 2. The quantitative estimate of drug-likeness (QED) is 0.686. The van der Waals surface area contributed by atoms with Gasteiger partial charge in [-0.1, -0.05) is 23.7 Å². The molecule has 2 rings (SSSR count). The average Bonchev–Trinajstić information content (AvgIpc) is 2.07. The highest BCUT2D eigenvalue weighted by Gasteiger charge is 1.99. The van der Waals surface area contributed by atoms with Crippen LogP contribution in [0.4, 0.5) is 0 Å². The number of para-hydroxylation sites is 1. The van der Waals surface area contributed by atoms with E-state index < -0.39 is 0 Å². The van der Waals surface area contributed by atoms with Crippen LogP contribution in [-0.2, 0) is 0 Å². The van der Waals surface area contributed by atoms with Crippen molar-refractivity contribution < 1.29 is 5.11 Å². The summed E-state index contributed by atoms with van der Waals surface area (Å²) in [6.07, 6.45) is 0. The van der Waals surface area contributed by atoms with Crippen LogP contribution >= 0.6 is 24.0 Å². The van der Waals surface area contributed by atoms with Crippen LogP contribution in [0.15, 0.2) is 30.3 Å². The molecular formula is C9H7Cl2NO. The third-order valence-corrected chi connectivity index (χ3v) is 1.88. The van der Waals surface area contributed by atoms with Crippen molar-refractivity contribution in [3.63, 3.8) is 0 Å². The molecule has 0 saturated carbocycles. The number of phenolic OH excluding ortho intramolecular Hbond substituents is 1. The minimum absolute atomic E-state index is 0. The molecular weight excluding hydrogens is 209 g/mol. The second kappa shape index (κ2) is 3.81. The molecule has 0 atom stereocenters. The van der Waals surface area contributed by atoms with E-state index in [9.17, 15) is 5.11 Å². The summed E-state index contributed by atoms with van der Waals surface area (Å²) in [4.78, 5) is 3.99. The first-order valence-corrected chi connectivity index (χ1v) is 3.89. The number of phenols is 1. The molecule has 2 nitrogen and oxygen atoms in total. The molecule has 0 spiro atoms. The van der Waals surface area contributed by atoms with Crippen molar-refractivity contribution in [2.24, 2.45) is 0 Å². The largest absolute Gasteiger partial charge is 0.506 e. The average molecular weight is 216 g/mol. The van der Waals surface area contributed by atoms with Gasteiger partial charge in [0.15, 0.2) is 0 Å². The lowest BCUT2D eigenvalue weighted by molar-refractivity contribution is 0.480. The lowest BCUT2D eigenvalue weighted by Gasteiger charge is -1.98. The summed E-state index contributed by atoms with van der Waals surface area (Å²) < 4.78 is 0. The Kier molecular flexibility index (Phi) is 2.96. The number of fused-ring (bicyclic) bond motifs is 1. The number of hydrogen-bond donors (Lipinski definition) is 1. The molecule has 0 aliphatic rings. The molecule has 2 aromatic rings. The summed E-state index contributed by atoms with van der Waals surface area (Å²) in [7, 11) is 0. The van der Waals surface area contributed by atoms with Crippen molar-refractivity contribution in [3.8, 4) is 5.75 Å². The number of rotatable bonds is 0. The van der Waals surface area contributed by atoms with E-state index in [1.807, 2.05) is 12.1 Å². The maximum atomic E-state index is 9.37. The Bertz CT molecular complexity index is 431. The van der Waals surface area contributed by atoms with Crippen molar-refractivity contribution in [2.45, 2.75) is 0 Å². The van der Waals surface area contributed by atoms with Crippen LogP contribution in [-0.4, -0.2) is 10.1 Å². The summed E-state index contributed by atoms with van der Waals surface area (Å²) in [5.74, 6) is 0.162. The fraction of sp³-hybridized carbons (Fsp3) is 0. The monoisotopic (exact) mass is 215 g/mol. The van der Waals surface area contributed by atoms with E-state index in [1.54, 1.807) is 18.2 Å². The Morgan fingerprint density at radius 1 is 1.15 bits per heavy atom. The Labute approximate surface area is 86.6 Å². The highest BCUT2D eigenvalue weighted by molar-refractivity contribution is 6.29. The number of benzene rings is 1. The van der Waals surface area contributed by atoms with Gasteiger partial charge in [0.2, 0.25) is 0 Å². The second-order valence-corrected chi connectivity index (χ2v) is 2.87. The first-order chi connectivity index (χ1) is 5.77. The molecule has 1 aromatic carbocycles. The van der Waals surface area contributed by atoms with Crippen LogP contribution < -0.4 is 0 Å². The Balaban J connectivity index is 0.000000845. The fourth-order valence-electron chi connectivity index (χ4n) is 1.11.